The second kappa shape index (κ2) is 7.39. The molecule has 2 nitrogen and oxygen atoms in total. The van der Waals surface area contributed by atoms with E-state index >= 15 is 0 Å². The molecule has 102 valence electrons. The summed E-state index contributed by atoms with van der Waals surface area (Å²) in [4.78, 5) is 8.71. The Hall–Kier alpha value is -2.22. The molecule has 0 fully saturated rings. The van der Waals surface area contributed by atoms with Gasteiger partial charge in [-0.05, 0) is 48.2 Å². The van der Waals surface area contributed by atoms with E-state index in [1.807, 2.05) is 24.3 Å². The fourth-order valence-corrected chi connectivity index (χ4v) is 1.87. The zero-order valence-corrected chi connectivity index (χ0v) is 12.1. The summed E-state index contributed by atoms with van der Waals surface area (Å²) < 4.78 is 0. The van der Waals surface area contributed by atoms with Crippen molar-refractivity contribution in [1.29, 1.82) is 0 Å². The highest BCUT2D eigenvalue weighted by Gasteiger charge is 1.90. The standard InChI is InChI=1S/C18H20N2/c1-3-15-5-9-17(10-6-15)19-13-14-20-18-11-7-16(4-2)8-12-18/h5-14H,3-4H2,1-2H3/b19-13+,20-14+. The van der Waals surface area contributed by atoms with Crippen molar-refractivity contribution in [1.82, 2.24) is 0 Å². The van der Waals surface area contributed by atoms with Crippen molar-refractivity contribution in [2.24, 2.45) is 9.98 Å². The first-order valence-corrected chi connectivity index (χ1v) is 7.06. The van der Waals surface area contributed by atoms with Gasteiger partial charge in [0.2, 0.25) is 0 Å². The average molecular weight is 264 g/mol. The van der Waals surface area contributed by atoms with Crippen LogP contribution >= 0.6 is 0 Å². The Morgan fingerprint density at radius 3 is 1.30 bits per heavy atom. The van der Waals surface area contributed by atoms with Gasteiger partial charge < -0.3 is 0 Å². The van der Waals surface area contributed by atoms with Crippen molar-refractivity contribution in [3.8, 4) is 0 Å². The minimum atomic E-state index is 0.954. The summed E-state index contributed by atoms with van der Waals surface area (Å²) in [6, 6.07) is 16.5. The number of hydrogen-bond donors (Lipinski definition) is 0. The van der Waals surface area contributed by atoms with Crippen LogP contribution in [-0.4, -0.2) is 12.4 Å². The molecule has 0 heterocycles. The highest BCUT2D eigenvalue weighted by atomic mass is 14.8. The summed E-state index contributed by atoms with van der Waals surface area (Å²) in [6.07, 6.45) is 5.57. The van der Waals surface area contributed by atoms with Crippen LogP contribution in [0.3, 0.4) is 0 Å². The summed E-state index contributed by atoms with van der Waals surface area (Å²) >= 11 is 0. The molecule has 0 aliphatic heterocycles. The van der Waals surface area contributed by atoms with E-state index in [0.717, 1.165) is 24.2 Å². The quantitative estimate of drug-likeness (QED) is 0.685. The van der Waals surface area contributed by atoms with Gasteiger partial charge in [-0.25, -0.2) is 0 Å². The van der Waals surface area contributed by atoms with Gasteiger partial charge in [-0.3, -0.25) is 9.98 Å². The number of aryl methyl sites for hydroxylation is 2. The third kappa shape index (κ3) is 4.16. The molecule has 0 aromatic heterocycles. The smallest absolute Gasteiger partial charge is 0.0630 e. The maximum Gasteiger partial charge on any atom is 0.0630 e. The molecule has 0 radical (unpaired) electrons. The second-order valence-electron chi connectivity index (χ2n) is 4.60. The van der Waals surface area contributed by atoms with Gasteiger partial charge in [0.15, 0.2) is 0 Å². The van der Waals surface area contributed by atoms with Crippen LogP contribution in [0.1, 0.15) is 25.0 Å². The lowest BCUT2D eigenvalue weighted by Crippen LogP contribution is -1.79. The van der Waals surface area contributed by atoms with Crippen LogP contribution in [0.25, 0.3) is 0 Å². The van der Waals surface area contributed by atoms with Gasteiger partial charge in [-0.2, -0.15) is 0 Å². The van der Waals surface area contributed by atoms with Crippen molar-refractivity contribution >= 4 is 23.8 Å². The fraction of sp³-hybridized carbons (Fsp3) is 0.222. The number of aliphatic imine (C=N–C) groups is 2. The highest BCUT2D eigenvalue weighted by molar-refractivity contribution is 6.17. The number of hydrogen-bond acceptors (Lipinski definition) is 2. The molecule has 0 unspecified atom stereocenters. The highest BCUT2D eigenvalue weighted by Crippen LogP contribution is 2.14. The Labute approximate surface area is 120 Å². The Balaban J connectivity index is 1.95. The lowest BCUT2D eigenvalue weighted by molar-refractivity contribution is 1.14. The first-order valence-electron chi connectivity index (χ1n) is 7.06. The van der Waals surface area contributed by atoms with Crippen LogP contribution in [0.5, 0.6) is 0 Å². The monoisotopic (exact) mass is 264 g/mol. The van der Waals surface area contributed by atoms with E-state index in [4.69, 9.17) is 0 Å². The fourth-order valence-electron chi connectivity index (χ4n) is 1.87. The summed E-state index contributed by atoms with van der Waals surface area (Å²) in [5.74, 6) is 0. The lowest BCUT2D eigenvalue weighted by Gasteiger charge is -1.97. The largest absolute Gasteiger partial charge is 0.255 e. The molecule has 0 spiro atoms. The normalized spacial score (nSPS) is 11.5. The summed E-state index contributed by atoms with van der Waals surface area (Å²) in [7, 11) is 0. The molecule has 0 saturated carbocycles. The van der Waals surface area contributed by atoms with Gasteiger partial charge in [0.25, 0.3) is 0 Å². The maximum atomic E-state index is 4.36. The maximum absolute atomic E-state index is 4.36. The Morgan fingerprint density at radius 2 is 1.00 bits per heavy atom. The zero-order chi connectivity index (χ0) is 14.2. The van der Waals surface area contributed by atoms with E-state index in [-0.39, 0.29) is 0 Å². The Kier molecular flexibility index (Phi) is 5.24. The van der Waals surface area contributed by atoms with Crippen molar-refractivity contribution in [3.05, 3.63) is 59.7 Å². The van der Waals surface area contributed by atoms with Gasteiger partial charge in [-0.15, -0.1) is 0 Å². The molecule has 2 rings (SSSR count). The van der Waals surface area contributed by atoms with Gasteiger partial charge in [-0.1, -0.05) is 38.1 Å². The molecule has 2 aromatic carbocycles. The topological polar surface area (TPSA) is 24.7 Å². The molecule has 0 aliphatic carbocycles. The van der Waals surface area contributed by atoms with Gasteiger partial charge in [0.05, 0.1) is 11.4 Å². The van der Waals surface area contributed by atoms with E-state index < -0.39 is 0 Å². The van der Waals surface area contributed by atoms with Gasteiger partial charge in [0.1, 0.15) is 0 Å². The van der Waals surface area contributed by atoms with Gasteiger partial charge in [0, 0.05) is 12.4 Å². The lowest BCUT2D eigenvalue weighted by atomic mass is 10.1. The minimum Gasteiger partial charge on any atom is -0.255 e. The molecular formula is C18H20N2. The summed E-state index contributed by atoms with van der Waals surface area (Å²) in [6.45, 7) is 4.30. The molecule has 0 amide bonds. The number of nitrogens with zero attached hydrogens (tertiary/aromatic N) is 2. The zero-order valence-electron chi connectivity index (χ0n) is 12.1. The first-order chi connectivity index (χ1) is 9.81. The van der Waals surface area contributed by atoms with Crippen LogP contribution in [-0.2, 0) is 12.8 Å². The molecule has 2 aromatic rings. The molecule has 0 aliphatic rings. The van der Waals surface area contributed by atoms with Crippen LogP contribution < -0.4 is 0 Å². The Morgan fingerprint density at radius 1 is 0.650 bits per heavy atom. The third-order valence-electron chi connectivity index (χ3n) is 3.20. The van der Waals surface area contributed by atoms with Gasteiger partial charge >= 0.3 is 0 Å². The molecule has 20 heavy (non-hydrogen) atoms. The van der Waals surface area contributed by atoms with Crippen LogP contribution in [0.2, 0.25) is 0 Å². The van der Waals surface area contributed by atoms with Crippen LogP contribution in [0.15, 0.2) is 58.5 Å². The molecule has 0 N–H and O–H groups in total. The van der Waals surface area contributed by atoms with Crippen molar-refractivity contribution in [3.63, 3.8) is 0 Å². The third-order valence-corrected chi connectivity index (χ3v) is 3.20. The first kappa shape index (κ1) is 14.2. The molecule has 2 heteroatoms. The van der Waals surface area contributed by atoms with Crippen molar-refractivity contribution in [2.75, 3.05) is 0 Å². The number of rotatable bonds is 5. The van der Waals surface area contributed by atoms with E-state index in [1.54, 1.807) is 12.4 Å². The predicted octanol–water partition coefficient (Wildman–Crippen LogP) is 4.92. The van der Waals surface area contributed by atoms with E-state index in [2.05, 4.69) is 48.1 Å². The summed E-state index contributed by atoms with van der Waals surface area (Å²) in [5, 5.41) is 0. The predicted molar refractivity (Wildman–Crippen MR) is 87.9 cm³/mol. The van der Waals surface area contributed by atoms with Crippen LogP contribution in [0, 0.1) is 0 Å². The minimum absolute atomic E-state index is 0.954. The van der Waals surface area contributed by atoms with E-state index in [1.165, 1.54) is 11.1 Å². The van der Waals surface area contributed by atoms with Crippen molar-refractivity contribution in [2.45, 2.75) is 26.7 Å². The second-order valence-corrected chi connectivity index (χ2v) is 4.60. The Bertz CT molecular complexity index is 522. The van der Waals surface area contributed by atoms with E-state index in [0.29, 0.717) is 0 Å². The molecular weight excluding hydrogens is 244 g/mol. The molecule has 0 atom stereocenters. The SMILES string of the molecule is CCc1ccc(/N=C/C=N/c2ccc(CC)cc2)cc1. The van der Waals surface area contributed by atoms with Crippen LogP contribution in [0.4, 0.5) is 11.4 Å². The average Bonchev–Trinajstić information content (AvgIpc) is 2.53. The van der Waals surface area contributed by atoms with E-state index in [9.17, 15) is 0 Å². The summed E-state index contributed by atoms with van der Waals surface area (Å²) in [5.41, 5.74) is 4.56. The molecule has 0 saturated heterocycles. The molecule has 0 bridgehead atoms. The number of benzene rings is 2. The van der Waals surface area contributed by atoms with Crippen molar-refractivity contribution < 1.29 is 0 Å².